The van der Waals surface area contributed by atoms with Crippen LogP contribution in [0, 0.1) is 5.92 Å². The monoisotopic (exact) mass is 311 g/mol. The second-order valence-corrected chi connectivity index (χ2v) is 5.51. The molecule has 1 amide bonds. The lowest BCUT2D eigenvalue weighted by molar-refractivity contribution is -0.117. The van der Waals surface area contributed by atoms with Crippen molar-refractivity contribution in [2.75, 3.05) is 0 Å². The molecule has 1 fully saturated rings. The molecule has 4 nitrogen and oxygen atoms in total. The largest absolute Gasteiger partial charge is 0.504 e. The highest BCUT2D eigenvalue weighted by Crippen LogP contribution is 2.36. The van der Waals surface area contributed by atoms with E-state index in [1.165, 1.54) is 18.2 Å². The highest BCUT2D eigenvalue weighted by atomic mass is 16.3. The number of benzene rings is 1. The minimum absolute atomic E-state index is 0.0594. The van der Waals surface area contributed by atoms with Crippen molar-refractivity contribution in [2.24, 2.45) is 5.92 Å². The molecule has 1 aromatic carbocycles. The smallest absolute Gasteiger partial charge is 0.244 e. The van der Waals surface area contributed by atoms with Crippen molar-refractivity contribution in [3.8, 4) is 11.5 Å². The molecule has 1 aliphatic rings. The summed E-state index contributed by atoms with van der Waals surface area (Å²) >= 11 is 0. The Bertz CT molecular complexity index is 669. The van der Waals surface area contributed by atoms with E-state index < -0.39 is 0 Å². The van der Waals surface area contributed by atoms with E-state index in [1.54, 1.807) is 24.3 Å². The van der Waals surface area contributed by atoms with Gasteiger partial charge in [-0.25, -0.2) is 0 Å². The molecule has 1 saturated carbocycles. The van der Waals surface area contributed by atoms with Crippen LogP contribution in [0.4, 0.5) is 0 Å². The van der Waals surface area contributed by atoms with Crippen LogP contribution < -0.4 is 5.32 Å². The van der Waals surface area contributed by atoms with Gasteiger partial charge in [0.2, 0.25) is 5.91 Å². The second-order valence-electron chi connectivity index (χ2n) is 5.51. The summed E-state index contributed by atoms with van der Waals surface area (Å²) in [6.07, 6.45) is 10.5. The van der Waals surface area contributed by atoms with E-state index in [9.17, 15) is 15.0 Å². The van der Waals surface area contributed by atoms with E-state index >= 15 is 0 Å². The molecule has 0 aromatic heterocycles. The summed E-state index contributed by atoms with van der Waals surface area (Å²) in [6, 6.07) is 4.33. The zero-order valence-corrected chi connectivity index (χ0v) is 12.9. The Labute approximate surface area is 136 Å². The molecule has 2 rings (SSSR count). The third kappa shape index (κ3) is 4.61. The summed E-state index contributed by atoms with van der Waals surface area (Å²) in [7, 11) is 0. The minimum Gasteiger partial charge on any atom is -0.504 e. The number of aromatic hydroxyl groups is 2. The lowest BCUT2D eigenvalue weighted by atomic mass is 10.0. The summed E-state index contributed by atoms with van der Waals surface area (Å²) < 4.78 is 0. The van der Waals surface area contributed by atoms with Crippen molar-refractivity contribution in [1.82, 2.24) is 5.32 Å². The molecule has 23 heavy (non-hydrogen) atoms. The summed E-state index contributed by atoms with van der Waals surface area (Å²) in [5.74, 6) is -0.183. The fourth-order valence-electron chi connectivity index (χ4n) is 2.36. The van der Waals surface area contributed by atoms with Gasteiger partial charge in [0.15, 0.2) is 11.5 Å². The lowest BCUT2D eigenvalue weighted by Gasteiger charge is -2.18. The fraction of sp³-hybridized carbons (Fsp3) is 0.211. The number of hydrogen-bond donors (Lipinski definition) is 3. The van der Waals surface area contributed by atoms with Crippen LogP contribution in [0.3, 0.4) is 0 Å². The third-order valence-electron chi connectivity index (χ3n) is 3.72. The molecule has 1 aromatic rings. The van der Waals surface area contributed by atoms with Crippen molar-refractivity contribution < 1.29 is 15.0 Å². The van der Waals surface area contributed by atoms with Crippen LogP contribution in [0.5, 0.6) is 11.5 Å². The van der Waals surface area contributed by atoms with Gasteiger partial charge in [-0.2, -0.15) is 0 Å². The predicted molar refractivity (Wildman–Crippen MR) is 91.9 cm³/mol. The number of phenolic OH excluding ortho intramolecular Hbond substituents is 2. The van der Waals surface area contributed by atoms with Gasteiger partial charge in [0.25, 0.3) is 0 Å². The van der Waals surface area contributed by atoms with Crippen molar-refractivity contribution in [1.29, 1.82) is 0 Å². The minimum atomic E-state index is -0.216. The number of allylic oxidation sites excluding steroid dienone is 2. The van der Waals surface area contributed by atoms with Crippen molar-refractivity contribution >= 4 is 12.0 Å². The molecule has 0 radical (unpaired) electrons. The van der Waals surface area contributed by atoms with Gasteiger partial charge >= 0.3 is 0 Å². The van der Waals surface area contributed by atoms with E-state index in [-0.39, 0.29) is 23.4 Å². The van der Waals surface area contributed by atoms with E-state index in [0.717, 1.165) is 18.4 Å². The van der Waals surface area contributed by atoms with Crippen LogP contribution in [0.25, 0.3) is 6.08 Å². The maximum absolute atomic E-state index is 12.1. The maximum atomic E-state index is 12.1. The van der Waals surface area contributed by atoms with Gasteiger partial charge in [-0.1, -0.05) is 37.5 Å². The molecule has 0 bridgehead atoms. The van der Waals surface area contributed by atoms with Gasteiger partial charge in [0.1, 0.15) is 0 Å². The average molecular weight is 311 g/mol. The average Bonchev–Trinajstić information content (AvgIpc) is 3.36. The summed E-state index contributed by atoms with van der Waals surface area (Å²) in [5, 5.41) is 21.7. The fourth-order valence-corrected chi connectivity index (χ4v) is 2.36. The number of amides is 1. The number of nitrogens with one attached hydrogen (secondary N) is 1. The lowest BCUT2D eigenvalue weighted by Crippen LogP contribution is -2.36. The zero-order chi connectivity index (χ0) is 16.8. The van der Waals surface area contributed by atoms with Crippen LogP contribution in [0.1, 0.15) is 18.4 Å². The summed E-state index contributed by atoms with van der Waals surface area (Å²) in [4.78, 5) is 12.1. The van der Waals surface area contributed by atoms with E-state index in [0.29, 0.717) is 11.5 Å². The third-order valence-corrected chi connectivity index (χ3v) is 3.72. The number of phenols is 2. The molecular formula is C19H21NO3. The standard InChI is InChI=1S/C19H21NO3/c1-3-5-14(4-2)19(15-8-9-15)20-18(23)11-7-13-6-10-16(21)17(22)12-13/h3-7,10-12,15,19,21-22H,1-2,8-9H2,(H,20,23)/b11-7+,14-5+. The first kappa shape index (κ1) is 16.6. The van der Waals surface area contributed by atoms with Gasteiger partial charge in [-0.3, -0.25) is 4.79 Å². The van der Waals surface area contributed by atoms with Crippen LogP contribution in [-0.4, -0.2) is 22.2 Å². The normalized spacial score (nSPS) is 16.1. The van der Waals surface area contributed by atoms with E-state index in [2.05, 4.69) is 18.5 Å². The molecule has 0 heterocycles. The van der Waals surface area contributed by atoms with Crippen LogP contribution >= 0.6 is 0 Å². The second kappa shape index (κ2) is 7.49. The Morgan fingerprint density at radius 3 is 2.57 bits per heavy atom. The number of carbonyl (C=O) groups excluding carboxylic acids is 1. The van der Waals surface area contributed by atoms with Gasteiger partial charge < -0.3 is 15.5 Å². The molecule has 1 aliphatic carbocycles. The van der Waals surface area contributed by atoms with Crippen molar-refractivity contribution in [3.05, 3.63) is 66.8 Å². The SMILES string of the molecule is C=C/C=C(\C=C)C(NC(=O)/C=C/c1ccc(O)c(O)c1)C1CC1. The molecule has 3 N–H and O–H groups in total. The molecule has 4 heteroatoms. The number of hydrogen-bond acceptors (Lipinski definition) is 3. The van der Waals surface area contributed by atoms with Gasteiger partial charge in [-0.15, -0.1) is 0 Å². The number of carbonyl (C=O) groups is 1. The first-order valence-corrected chi connectivity index (χ1v) is 7.50. The predicted octanol–water partition coefficient (Wildman–Crippen LogP) is 3.30. The quantitative estimate of drug-likeness (QED) is 0.411. The molecule has 1 atom stereocenters. The Morgan fingerprint density at radius 2 is 2.00 bits per heavy atom. The zero-order valence-electron chi connectivity index (χ0n) is 12.9. The molecule has 0 saturated heterocycles. The van der Waals surface area contributed by atoms with Crippen molar-refractivity contribution in [3.63, 3.8) is 0 Å². The highest BCUT2D eigenvalue weighted by Gasteiger charge is 2.33. The molecule has 0 spiro atoms. The Morgan fingerprint density at radius 1 is 1.26 bits per heavy atom. The van der Waals surface area contributed by atoms with Crippen molar-refractivity contribution in [2.45, 2.75) is 18.9 Å². The molecule has 1 unspecified atom stereocenters. The maximum Gasteiger partial charge on any atom is 0.244 e. The van der Waals surface area contributed by atoms with E-state index in [4.69, 9.17) is 0 Å². The van der Waals surface area contributed by atoms with Crippen LogP contribution in [-0.2, 0) is 4.79 Å². The van der Waals surface area contributed by atoms with Gasteiger partial charge in [0, 0.05) is 6.08 Å². The van der Waals surface area contributed by atoms with Gasteiger partial charge in [0.05, 0.1) is 6.04 Å². The first-order valence-electron chi connectivity index (χ1n) is 7.50. The highest BCUT2D eigenvalue weighted by molar-refractivity contribution is 5.92. The number of rotatable bonds is 7. The molecular weight excluding hydrogens is 290 g/mol. The van der Waals surface area contributed by atoms with E-state index in [1.807, 2.05) is 6.08 Å². The van der Waals surface area contributed by atoms with Crippen LogP contribution in [0.2, 0.25) is 0 Å². The molecule has 120 valence electrons. The van der Waals surface area contributed by atoms with Gasteiger partial charge in [-0.05, 0) is 48.1 Å². The Balaban J connectivity index is 2.05. The molecule has 0 aliphatic heterocycles. The summed E-state index contributed by atoms with van der Waals surface area (Å²) in [5.41, 5.74) is 1.58. The topological polar surface area (TPSA) is 69.6 Å². The van der Waals surface area contributed by atoms with Crippen LogP contribution in [0.15, 0.2) is 61.2 Å². The Kier molecular flexibility index (Phi) is 5.41. The Hall–Kier alpha value is -2.75. The summed E-state index contributed by atoms with van der Waals surface area (Å²) in [6.45, 7) is 7.48. The first-order chi connectivity index (χ1) is 11.0.